The number of aromatic nitrogens is 1. The molecule has 2 heterocycles. The summed E-state index contributed by atoms with van der Waals surface area (Å²) in [5, 5.41) is 9.34. The van der Waals surface area contributed by atoms with Crippen LogP contribution in [0.1, 0.15) is 0 Å². The molecular formula is C18H16N6O2. The van der Waals surface area contributed by atoms with E-state index in [9.17, 15) is 4.79 Å². The average molecular weight is 348 g/mol. The number of fused-ring (bicyclic) bond motifs is 1. The van der Waals surface area contributed by atoms with E-state index in [0.29, 0.717) is 11.4 Å². The van der Waals surface area contributed by atoms with Crippen molar-refractivity contribution < 1.29 is 9.53 Å². The summed E-state index contributed by atoms with van der Waals surface area (Å²) in [5.41, 5.74) is 7.69. The minimum absolute atomic E-state index is 0.105. The summed E-state index contributed by atoms with van der Waals surface area (Å²) in [5.74, 6) is 0.326. The summed E-state index contributed by atoms with van der Waals surface area (Å²) < 4.78 is 5.60. The van der Waals surface area contributed by atoms with Crippen LogP contribution in [0.3, 0.4) is 0 Å². The van der Waals surface area contributed by atoms with Gasteiger partial charge >= 0.3 is 0 Å². The van der Waals surface area contributed by atoms with Crippen LogP contribution < -0.4 is 26.1 Å². The molecule has 0 saturated heterocycles. The van der Waals surface area contributed by atoms with Crippen LogP contribution in [-0.4, -0.2) is 23.8 Å². The minimum atomic E-state index is -0.254. The molecule has 26 heavy (non-hydrogen) atoms. The molecule has 0 spiro atoms. The first kappa shape index (κ1) is 15.9. The Kier molecular flexibility index (Phi) is 4.31. The van der Waals surface area contributed by atoms with E-state index in [1.807, 2.05) is 42.5 Å². The highest BCUT2D eigenvalue weighted by atomic mass is 16.5. The third-order valence-corrected chi connectivity index (χ3v) is 3.78. The van der Waals surface area contributed by atoms with Gasteiger partial charge in [0.15, 0.2) is 6.61 Å². The van der Waals surface area contributed by atoms with Crippen molar-refractivity contribution in [3.63, 3.8) is 0 Å². The van der Waals surface area contributed by atoms with Crippen molar-refractivity contribution in [2.45, 2.75) is 0 Å². The van der Waals surface area contributed by atoms with Crippen LogP contribution in [0.25, 0.3) is 10.9 Å². The number of hydrazine groups is 2. The second kappa shape index (κ2) is 7.08. The van der Waals surface area contributed by atoms with Crippen LogP contribution in [0.2, 0.25) is 0 Å². The second-order valence-corrected chi connectivity index (χ2v) is 5.55. The van der Waals surface area contributed by atoms with Gasteiger partial charge in [0.25, 0.3) is 5.91 Å². The van der Waals surface area contributed by atoms with E-state index in [1.165, 1.54) is 0 Å². The highest BCUT2D eigenvalue weighted by Gasteiger charge is 2.10. The molecule has 0 saturated carbocycles. The number of carbonyl (C=O) groups is 1. The van der Waals surface area contributed by atoms with Gasteiger partial charge in [0.2, 0.25) is 0 Å². The van der Waals surface area contributed by atoms with Crippen LogP contribution in [0, 0.1) is 0 Å². The third kappa shape index (κ3) is 3.40. The number of pyridine rings is 1. The van der Waals surface area contributed by atoms with Crippen molar-refractivity contribution in [1.82, 2.24) is 16.1 Å². The van der Waals surface area contributed by atoms with Gasteiger partial charge in [0.05, 0.1) is 16.9 Å². The number of rotatable bonds is 5. The van der Waals surface area contributed by atoms with E-state index in [2.05, 4.69) is 26.5 Å². The Hall–Kier alpha value is -3.65. The van der Waals surface area contributed by atoms with Crippen LogP contribution in [-0.2, 0) is 4.79 Å². The standard InChI is InChI=1S/C18H16N6O2/c25-17(21-16-8-1-4-13-5-3-9-19-18(13)16)11-26-15-7-2-6-14(10-15)24-12-20-22-23-24/h1-10,12,22-23H,11H2,(H,21,25). The lowest BCUT2D eigenvalue weighted by atomic mass is 10.2. The summed E-state index contributed by atoms with van der Waals surface area (Å²) >= 11 is 0. The Bertz CT molecular complexity index is 969. The molecule has 1 aromatic heterocycles. The van der Waals surface area contributed by atoms with E-state index in [1.54, 1.807) is 29.7 Å². The Balaban J connectivity index is 1.41. The SMILES string of the molecule is O=C(COc1cccc(N2C=NNN2)c1)Nc1cccc2cccnc12. The minimum Gasteiger partial charge on any atom is -0.484 e. The molecule has 1 aliphatic rings. The predicted octanol–water partition coefficient (Wildman–Crippen LogP) is 2.02. The Morgan fingerprint density at radius 2 is 2.04 bits per heavy atom. The van der Waals surface area contributed by atoms with Crippen LogP contribution in [0.15, 0.2) is 65.9 Å². The number of para-hydroxylation sites is 1. The van der Waals surface area contributed by atoms with Gasteiger partial charge in [-0.05, 0) is 24.3 Å². The first-order valence-electron chi connectivity index (χ1n) is 7.99. The number of nitrogens with zero attached hydrogens (tertiary/aromatic N) is 3. The quantitative estimate of drug-likeness (QED) is 0.654. The number of hydrogen-bond donors (Lipinski definition) is 3. The number of anilines is 2. The lowest BCUT2D eigenvalue weighted by Gasteiger charge is -2.15. The lowest BCUT2D eigenvalue weighted by Crippen LogP contribution is -2.37. The van der Waals surface area contributed by atoms with E-state index in [4.69, 9.17) is 4.74 Å². The van der Waals surface area contributed by atoms with Crippen molar-refractivity contribution in [2.24, 2.45) is 5.10 Å². The number of amides is 1. The fourth-order valence-corrected chi connectivity index (χ4v) is 2.59. The van der Waals surface area contributed by atoms with Crippen LogP contribution >= 0.6 is 0 Å². The fourth-order valence-electron chi connectivity index (χ4n) is 2.59. The molecule has 1 aliphatic heterocycles. The monoisotopic (exact) mass is 348 g/mol. The summed E-state index contributed by atoms with van der Waals surface area (Å²) in [6.07, 6.45) is 3.30. The lowest BCUT2D eigenvalue weighted by molar-refractivity contribution is -0.118. The zero-order chi connectivity index (χ0) is 17.8. The molecule has 4 rings (SSSR count). The van der Waals surface area contributed by atoms with Gasteiger partial charge in [-0.2, -0.15) is 5.10 Å². The van der Waals surface area contributed by atoms with Gasteiger partial charge in [-0.1, -0.05) is 24.3 Å². The summed E-state index contributed by atoms with van der Waals surface area (Å²) in [6.45, 7) is -0.105. The van der Waals surface area contributed by atoms with Gasteiger partial charge in [-0.15, -0.1) is 5.53 Å². The van der Waals surface area contributed by atoms with Gasteiger partial charge < -0.3 is 10.1 Å². The molecule has 3 aromatic rings. The number of carbonyl (C=O) groups excluding carboxylic acids is 1. The Morgan fingerprint density at radius 1 is 1.15 bits per heavy atom. The molecule has 0 fully saturated rings. The summed E-state index contributed by atoms with van der Waals surface area (Å²) in [4.78, 5) is 16.6. The van der Waals surface area contributed by atoms with E-state index >= 15 is 0 Å². The number of benzene rings is 2. The first-order chi connectivity index (χ1) is 12.8. The van der Waals surface area contributed by atoms with Gasteiger partial charge in [0, 0.05) is 17.6 Å². The highest BCUT2D eigenvalue weighted by molar-refractivity contribution is 6.00. The van der Waals surface area contributed by atoms with Crippen molar-refractivity contribution >= 4 is 34.5 Å². The molecule has 1 amide bonds. The molecule has 0 radical (unpaired) electrons. The van der Waals surface area contributed by atoms with E-state index in [-0.39, 0.29) is 12.5 Å². The maximum atomic E-state index is 12.3. The number of hydrogen-bond acceptors (Lipinski definition) is 7. The molecule has 130 valence electrons. The maximum Gasteiger partial charge on any atom is 0.262 e. The fraction of sp³-hybridized carbons (Fsp3) is 0.0556. The Labute approximate surface area is 149 Å². The maximum absolute atomic E-state index is 12.3. The van der Waals surface area contributed by atoms with Crippen molar-refractivity contribution in [1.29, 1.82) is 0 Å². The van der Waals surface area contributed by atoms with E-state index < -0.39 is 0 Å². The van der Waals surface area contributed by atoms with Gasteiger partial charge in [-0.25, -0.2) is 10.5 Å². The topological polar surface area (TPSA) is 90.9 Å². The predicted molar refractivity (Wildman–Crippen MR) is 99.6 cm³/mol. The number of nitrogens with one attached hydrogen (secondary N) is 3. The average Bonchev–Trinajstić information content (AvgIpc) is 3.22. The molecule has 0 unspecified atom stereocenters. The molecule has 0 aliphatic carbocycles. The molecule has 0 atom stereocenters. The molecule has 2 aromatic carbocycles. The summed E-state index contributed by atoms with van der Waals surface area (Å²) in [6, 6.07) is 16.8. The zero-order valence-corrected chi connectivity index (χ0v) is 13.7. The van der Waals surface area contributed by atoms with Crippen molar-refractivity contribution in [3.05, 3.63) is 60.8 Å². The first-order valence-corrected chi connectivity index (χ1v) is 7.99. The highest BCUT2D eigenvalue weighted by Crippen LogP contribution is 2.22. The number of ether oxygens (including phenoxy) is 1. The smallest absolute Gasteiger partial charge is 0.262 e. The molecule has 8 heteroatoms. The van der Waals surface area contributed by atoms with Crippen LogP contribution in [0.4, 0.5) is 11.4 Å². The summed E-state index contributed by atoms with van der Waals surface area (Å²) in [7, 11) is 0. The molecule has 3 N–H and O–H groups in total. The zero-order valence-electron chi connectivity index (χ0n) is 13.7. The second-order valence-electron chi connectivity index (χ2n) is 5.55. The third-order valence-electron chi connectivity index (χ3n) is 3.78. The van der Waals surface area contributed by atoms with Crippen LogP contribution in [0.5, 0.6) is 5.75 Å². The number of hydrazone groups is 1. The molecular weight excluding hydrogens is 332 g/mol. The van der Waals surface area contributed by atoms with Gasteiger partial charge in [-0.3, -0.25) is 9.78 Å². The van der Waals surface area contributed by atoms with E-state index in [0.717, 1.165) is 16.6 Å². The van der Waals surface area contributed by atoms with Crippen molar-refractivity contribution in [2.75, 3.05) is 16.9 Å². The molecule has 0 bridgehead atoms. The molecule has 8 nitrogen and oxygen atoms in total. The normalized spacial score (nSPS) is 12.8. The van der Waals surface area contributed by atoms with Gasteiger partial charge in [0.1, 0.15) is 12.1 Å². The Morgan fingerprint density at radius 3 is 2.92 bits per heavy atom. The van der Waals surface area contributed by atoms with Crippen molar-refractivity contribution in [3.8, 4) is 5.75 Å². The largest absolute Gasteiger partial charge is 0.484 e.